The van der Waals surface area contributed by atoms with Crippen molar-refractivity contribution in [2.45, 2.75) is 45.1 Å². The fourth-order valence-corrected chi connectivity index (χ4v) is 4.49. The number of carbonyl (C=O) groups excluding carboxylic acids is 1. The number of thiazole rings is 1. The van der Waals surface area contributed by atoms with Gasteiger partial charge in [0.05, 0.1) is 12.6 Å². The number of nitrogens with zero attached hydrogens (tertiary/aromatic N) is 4. The van der Waals surface area contributed by atoms with Crippen LogP contribution in [0.15, 0.2) is 11.6 Å². The highest BCUT2D eigenvalue weighted by Gasteiger charge is 2.27. The summed E-state index contributed by atoms with van der Waals surface area (Å²) < 4.78 is 0. The number of amides is 1. The van der Waals surface area contributed by atoms with Gasteiger partial charge in [0.2, 0.25) is 11.0 Å². The van der Waals surface area contributed by atoms with E-state index in [1.54, 1.807) is 11.3 Å². The first kappa shape index (κ1) is 16.5. The predicted molar refractivity (Wildman–Crippen MR) is 92.8 cm³/mol. The molecule has 3 rings (SSSR count). The monoisotopic (exact) mass is 351 g/mol. The fourth-order valence-electron chi connectivity index (χ4n) is 2.82. The molecular formula is C15H21N5OS2. The first-order valence-electron chi connectivity index (χ1n) is 8.02. The zero-order valence-electron chi connectivity index (χ0n) is 13.2. The topological polar surface area (TPSA) is 71.0 Å². The lowest BCUT2D eigenvalue weighted by atomic mass is 10.0. The molecule has 124 valence electrons. The van der Waals surface area contributed by atoms with Crippen LogP contribution in [0.1, 0.15) is 48.7 Å². The minimum Gasteiger partial charge on any atom is -0.299 e. The number of rotatable bonds is 6. The first-order chi connectivity index (χ1) is 11.3. The summed E-state index contributed by atoms with van der Waals surface area (Å²) in [7, 11) is 0. The third-order valence-electron chi connectivity index (χ3n) is 3.87. The summed E-state index contributed by atoms with van der Waals surface area (Å²) >= 11 is 3.13. The average molecular weight is 352 g/mol. The van der Waals surface area contributed by atoms with Gasteiger partial charge in [0.15, 0.2) is 0 Å². The van der Waals surface area contributed by atoms with Crippen LogP contribution < -0.4 is 5.32 Å². The van der Waals surface area contributed by atoms with Gasteiger partial charge in [-0.15, -0.1) is 21.5 Å². The molecule has 1 amide bonds. The lowest BCUT2D eigenvalue weighted by molar-refractivity contribution is -0.118. The SMILES string of the molecule is CCCc1nnc(NC(=O)CN2CCCCC2c2nccs2)s1. The van der Waals surface area contributed by atoms with Crippen LogP contribution in [0.3, 0.4) is 0 Å². The highest BCUT2D eigenvalue weighted by Crippen LogP contribution is 2.31. The number of aryl methyl sites for hydroxylation is 1. The molecule has 6 nitrogen and oxygen atoms in total. The van der Waals surface area contributed by atoms with E-state index in [9.17, 15) is 4.79 Å². The molecule has 1 aliphatic heterocycles. The van der Waals surface area contributed by atoms with Crippen LogP contribution in [-0.4, -0.2) is 39.1 Å². The Morgan fingerprint density at radius 1 is 1.43 bits per heavy atom. The van der Waals surface area contributed by atoms with Gasteiger partial charge in [0.1, 0.15) is 10.0 Å². The quantitative estimate of drug-likeness (QED) is 0.866. The van der Waals surface area contributed by atoms with E-state index >= 15 is 0 Å². The van der Waals surface area contributed by atoms with Crippen molar-refractivity contribution in [2.24, 2.45) is 0 Å². The Hall–Kier alpha value is -1.38. The number of nitrogens with one attached hydrogen (secondary N) is 1. The normalized spacial score (nSPS) is 18.9. The molecule has 23 heavy (non-hydrogen) atoms. The molecule has 2 aromatic heterocycles. The zero-order valence-corrected chi connectivity index (χ0v) is 14.8. The van der Waals surface area contributed by atoms with Crippen molar-refractivity contribution in [3.63, 3.8) is 0 Å². The Morgan fingerprint density at radius 2 is 2.35 bits per heavy atom. The van der Waals surface area contributed by atoms with E-state index in [-0.39, 0.29) is 11.9 Å². The molecule has 0 aromatic carbocycles. The van der Waals surface area contributed by atoms with Gasteiger partial charge in [0.25, 0.3) is 0 Å². The number of anilines is 1. The van der Waals surface area contributed by atoms with Gasteiger partial charge in [-0.05, 0) is 25.8 Å². The molecule has 1 N–H and O–H groups in total. The van der Waals surface area contributed by atoms with Crippen LogP contribution >= 0.6 is 22.7 Å². The maximum absolute atomic E-state index is 12.3. The Labute approximate surface area is 144 Å². The molecule has 8 heteroatoms. The minimum absolute atomic E-state index is 0.0207. The molecule has 3 heterocycles. The molecule has 0 saturated carbocycles. The van der Waals surface area contributed by atoms with Gasteiger partial charge in [-0.2, -0.15) is 0 Å². The lowest BCUT2D eigenvalue weighted by Crippen LogP contribution is -2.39. The Balaban J connectivity index is 1.59. The number of hydrogen-bond acceptors (Lipinski definition) is 7. The van der Waals surface area contributed by atoms with Gasteiger partial charge >= 0.3 is 0 Å². The van der Waals surface area contributed by atoms with Crippen molar-refractivity contribution < 1.29 is 4.79 Å². The van der Waals surface area contributed by atoms with Crippen molar-refractivity contribution in [2.75, 3.05) is 18.4 Å². The van der Waals surface area contributed by atoms with E-state index in [4.69, 9.17) is 0 Å². The van der Waals surface area contributed by atoms with Gasteiger partial charge < -0.3 is 0 Å². The standard InChI is InChI=1S/C15H21N5OS2/c1-2-5-13-18-19-15(23-13)17-12(21)10-20-8-4-3-6-11(20)14-16-7-9-22-14/h7,9,11H,2-6,8,10H2,1H3,(H,17,19,21). The average Bonchev–Trinajstić information content (AvgIpc) is 3.20. The van der Waals surface area contributed by atoms with E-state index in [2.05, 4.69) is 32.3 Å². The van der Waals surface area contributed by atoms with E-state index in [0.29, 0.717) is 11.7 Å². The molecule has 1 aliphatic rings. The second kappa shape index (κ2) is 7.94. The van der Waals surface area contributed by atoms with E-state index in [0.717, 1.165) is 42.2 Å². The van der Waals surface area contributed by atoms with Crippen LogP contribution in [-0.2, 0) is 11.2 Å². The van der Waals surface area contributed by atoms with Crippen LogP contribution in [0.5, 0.6) is 0 Å². The summed E-state index contributed by atoms with van der Waals surface area (Å²) in [5.41, 5.74) is 0. The van der Waals surface area contributed by atoms with E-state index in [1.165, 1.54) is 17.8 Å². The maximum Gasteiger partial charge on any atom is 0.240 e. The zero-order chi connectivity index (χ0) is 16.1. The van der Waals surface area contributed by atoms with Gasteiger partial charge in [0, 0.05) is 18.0 Å². The molecule has 0 aliphatic carbocycles. The highest BCUT2D eigenvalue weighted by atomic mass is 32.1. The van der Waals surface area contributed by atoms with E-state index < -0.39 is 0 Å². The van der Waals surface area contributed by atoms with Crippen LogP contribution in [0.25, 0.3) is 0 Å². The molecule has 1 fully saturated rings. The van der Waals surface area contributed by atoms with Crippen molar-refractivity contribution in [1.29, 1.82) is 0 Å². The predicted octanol–water partition coefficient (Wildman–Crippen LogP) is 3.11. The molecular weight excluding hydrogens is 330 g/mol. The Kier molecular flexibility index (Phi) is 5.69. The van der Waals surface area contributed by atoms with Gasteiger partial charge in [-0.3, -0.25) is 15.0 Å². The summed E-state index contributed by atoms with van der Waals surface area (Å²) in [4.78, 5) is 19.0. The molecule has 1 atom stereocenters. The molecule has 1 saturated heterocycles. The van der Waals surface area contributed by atoms with Gasteiger partial charge in [-0.1, -0.05) is 24.7 Å². The summed E-state index contributed by atoms with van der Waals surface area (Å²) in [6.45, 7) is 3.43. The van der Waals surface area contributed by atoms with Crippen molar-refractivity contribution in [1.82, 2.24) is 20.1 Å². The number of hydrogen-bond donors (Lipinski definition) is 1. The highest BCUT2D eigenvalue weighted by molar-refractivity contribution is 7.15. The summed E-state index contributed by atoms with van der Waals surface area (Å²) in [6, 6.07) is 0.263. The summed E-state index contributed by atoms with van der Waals surface area (Å²) in [5.74, 6) is -0.0207. The summed E-state index contributed by atoms with van der Waals surface area (Å²) in [6.07, 6.45) is 7.18. The number of piperidine rings is 1. The largest absolute Gasteiger partial charge is 0.299 e. The molecule has 0 spiro atoms. The smallest absolute Gasteiger partial charge is 0.240 e. The Bertz CT molecular complexity index is 628. The number of likely N-dealkylation sites (tertiary alicyclic amines) is 1. The second-order valence-electron chi connectivity index (χ2n) is 5.65. The summed E-state index contributed by atoms with van der Waals surface area (Å²) in [5, 5.41) is 15.7. The molecule has 2 aromatic rings. The lowest BCUT2D eigenvalue weighted by Gasteiger charge is -2.33. The van der Waals surface area contributed by atoms with E-state index in [1.807, 2.05) is 11.6 Å². The minimum atomic E-state index is -0.0207. The third-order valence-corrected chi connectivity index (χ3v) is 5.65. The maximum atomic E-state index is 12.3. The van der Waals surface area contributed by atoms with Crippen molar-refractivity contribution in [3.05, 3.63) is 21.6 Å². The van der Waals surface area contributed by atoms with Gasteiger partial charge in [-0.25, -0.2) is 4.98 Å². The fraction of sp³-hybridized carbons (Fsp3) is 0.600. The number of carbonyl (C=O) groups is 1. The van der Waals surface area contributed by atoms with Crippen LogP contribution in [0.2, 0.25) is 0 Å². The molecule has 1 unspecified atom stereocenters. The third kappa shape index (κ3) is 4.33. The molecule has 0 radical (unpaired) electrons. The van der Waals surface area contributed by atoms with Crippen LogP contribution in [0.4, 0.5) is 5.13 Å². The first-order valence-corrected chi connectivity index (χ1v) is 9.71. The number of aromatic nitrogens is 3. The Morgan fingerprint density at radius 3 is 3.13 bits per heavy atom. The van der Waals surface area contributed by atoms with Crippen molar-refractivity contribution >= 4 is 33.7 Å². The van der Waals surface area contributed by atoms with Crippen LogP contribution in [0, 0.1) is 0 Å². The van der Waals surface area contributed by atoms with Crippen molar-refractivity contribution in [3.8, 4) is 0 Å². The molecule has 0 bridgehead atoms. The second-order valence-corrected chi connectivity index (χ2v) is 7.64.